The molecule has 3 N–H and O–H groups in total. The maximum absolute atomic E-state index is 11.6. The first-order valence-electron chi connectivity index (χ1n) is 8.01. The third kappa shape index (κ3) is 4.66. The van der Waals surface area contributed by atoms with Crippen molar-refractivity contribution in [2.24, 2.45) is 5.92 Å². The van der Waals surface area contributed by atoms with Crippen LogP contribution in [-0.2, 0) is 4.74 Å². The van der Waals surface area contributed by atoms with Gasteiger partial charge in [-0.1, -0.05) is 25.7 Å². The zero-order chi connectivity index (χ0) is 15.1. The van der Waals surface area contributed by atoms with Gasteiger partial charge in [-0.2, -0.15) is 0 Å². The van der Waals surface area contributed by atoms with Gasteiger partial charge in [0.2, 0.25) is 0 Å². The van der Waals surface area contributed by atoms with Crippen molar-refractivity contribution in [3.8, 4) is 0 Å². The normalized spacial score (nSPS) is 15.1. The number of esters is 1. The van der Waals surface area contributed by atoms with E-state index in [9.17, 15) is 4.79 Å². The number of nitrogen functional groups attached to an aromatic ring is 1. The van der Waals surface area contributed by atoms with E-state index in [1.54, 1.807) is 19.1 Å². The molecule has 0 saturated heterocycles. The van der Waals surface area contributed by atoms with Crippen LogP contribution in [0, 0.1) is 5.92 Å². The number of benzene rings is 1. The summed E-state index contributed by atoms with van der Waals surface area (Å²) in [5.74, 6) is 0.604. The molecule has 0 bridgehead atoms. The second-order valence-corrected chi connectivity index (χ2v) is 5.74. The van der Waals surface area contributed by atoms with Gasteiger partial charge in [0.25, 0.3) is 0 Å². The quantitative estimate of drug-likeness (QED) is 0.455. The fourth-order valence-electron chi connectivity index (χ4n) is 2.98. The number of rotatable bonds is 7. The highest BCUT2D eigenvalue weighted by Gasteiger charge is 2.14. The van der Waals surface area contributed by atoms with Crippen LogP contribution in [0.2, 0.25) is 0 Å². The van der Waals surface area contributed by atoms with Gasteiger partial charge in [-0.3, -0.25) is 0 Å². The molecule has 1 fully saturated rings. The Hall–Kier alpha value is -1.71. The summed E-state index contributed by atoms with van der Waals surface area (Å²) < 4.78 is 4.96. The molecule has 1 aromatic carbocycles. The van der Waals surface area contributed by atoms with Crippen molar-refractivity contribution >= 4 is 17.3 Å². The molecule has 1 aliphatic rings. The molecule has 4 nitrogen and oxygen atoms in total. The Labute approximate surface area is 127 Å². The van der Waals surface area contributed by atoms with Crippen molar-refractivity contribution in [1.82, 2.24) is 0 Å². The summed E-state index contributed by atoms with van der Waals surface area (Å²) in [4.78, 5) is 11.6. The van der Waals surface area contributed by atoms with Gasteiger partial charge in [0.15, 0.2) is 0 Å². The molecule has 0 aliphatic heterocycles. The van der Waals surface area contributed by atoms with E-state index in [0.717, 1.165) is 18.2 Å². The van der Waals surface area contributed by atoms with Crippen LogP contribution < -0.4 is 11.1 Å². The lowest BCUT2D eigenvalue weighted by atomic mass is 10.0. The Balaban J connectivity index is 1.78. The first-order valence-corrected chi connectivity index (χ1v) is 8.01. The van der Waals surface area contributed by atoms with Crippen LogP contribution in [-0.4, -0.2) is 19.1 Å². The van der Waals surface area contributed by atoms with Crippen LogP contribution in [0.15, 0.2) is 18.2 Å². The van der Waals surface area contributed by atoms with Crippen LogP contribution >= 0.6 is 0 Å². The lowest BCUT2D eigenvalue weighted by Gasteiger charge is -2.12. The lowest BCUT2D eigenvalue weighted by Crippen LogP contribution is -2.08. The number of nitrogens with two attached hydrogens (primary N) is 1. The van der Waals surface area contributed by atoms with Gasteiger partial charge in [0.1, 0.15) is 0 Å². The minimum absolute atomic E-state index is 0.322. The van der Waals surface area contributed by atoms with E-state index in [0.29, 0.717) is 17.9 Å². The number of ether oxygens (including phenoxy) is 1. The maximum Gasteiger partial charge on any atom is 0.338 e. The largest absolute Gasteiger partial charge is 0.462 e. The third-order valence-electron chi connectivity index (χ3n) is 4.14. The Morgan fingerprint density at radius 1 is 1.38 bits per heavy atom. The van der Waals surface area contributed by atoms with E-state index in [1.165, 1.54) is 38.5 Å². The molecule has 1 aliphatic carbocycles. The molecule has 21 heavy (non-hydrogen) atoms. The van der Waals surface area contributed by atoms with E-state index >= 15 is 0 Å². The summed E-state index contributed by atoms with van der Waals surface area (Å²) in [7, 11) is 0. The van der Waals surface area contributed by atoms with E-state index in [-0.39, 0.29) is 5.97 Å². The highest BCUT2D eigenvalue weighted by atomic mass is 16.5. The van der Waals surface area contributed by atoms with Gasteiger partial charge in [-0.25, -0.2) is 4.79 Å². The highest BCUT2D eigenvalue weighted by molar-refractivity contribution is 5.91. The van der Waals surface area contributed by atoms with Crippen molar-refractivity contribution in [2.75, 3.05) is 24.2 Å². The van der Waals surface area contributed by atoms with Gasteiger partial charge < -0.3 is 15.8 Å². The predicted octanol–water partition coefficient (Wildman–Crippen LogP) is 3.83. The number of carbonyl (C=O) groups excluding carboxylic acids is 1. The summed E-state index contributed by atoms with van der Waals surface area (Å²) in [6, 6.07) is 5.29. The average molecular weight is 290 g/mol. The standard InChI is InChI=1S/C17H26N2O2/c1-2-21-17(20)14-9-10-16(15(18)12-14)19-11-5-8-13-6-3-4-7-13/h9-10,12-13,19H,2-8,11,18H2,1H3. The van der Waals surface area contributed by atoms with E-state index < -0.39 is 0 Å². The SMILES string of the molecule is CCOC(=O)c1ccc(NCCCC2CCCC2)c(N)c1. The van der Waals surface area contributed by atoms with Crippen molar-refractivity contribution in [2.45, 2.75) is 45.4 Å². The smallest absolute Gasteiger partial charge is 0.338 e. The van der Waals surface area contributed by atoms with Gasteiger partial charge in [0, 0.05) is 6.54 Å². The van der Waals surface area contributed by atoms with Crippen LogP contribution in [0.5, 0.6) is 0 Å². The molecule has 2 rings (SSSR count). The molecule has 1 aromatic rings. The van der Waals surface area contributed by atoms with Crippen molar-refractivity contribution in [3.05, 3.63) is 23.8 Å². The van der Waals surface area contributed by atoms with E-state index in [1.807, 2.05) is 6.07 Å². The lowest BCUT2D eigenvalue weighted by molar-refractivity contribution is 0.0526. The Bertz CT molecular complexity index is 468. The van der Waals surface area contributed by atoms with Gasteiger partial charge in [-0.15, -0.1) is 0 Å². The minimum Gasteiger partial charge on any atom is -0.462 e. The molecular formula is C17H26N2O2. The Kier molecular flexibility index (Phi) is 5.90. The summed E-state index contributed by atoms with van der Waals surface area (Å²) in [5, 5.41) is 3.36. The highest BCUT2D eigenvalue weighted by Crippen LogP contribution is 2.28. The first-order chi connectivity index (χ1) is 10.2. The van der Waals surface area contributed by atoms with Crippen LogP contribution in [0.25, 0.3) is 0 Å². The maximum atomic E-state index is 11.6. The molecular weight excluding hydrogens is 264 g/mol. The van der Waals surface area contributed by atoms with Gasteiger partial charge >= 0.3 is 5.97 Å². The first kappa shape index (κ1) is 15.7. The van der Waals surface area contributed by atoms with Gasteiger partial charge in [-0.05, 0) is 43.9 Å². The number of hydrogen-bond acceptors (Lipinski definition) is 4. The monoisotopic (exact) mass is 290 g/mol. The number of hydrogen-bond donors (Lipinski definition) is 2. The molecule has 0 unspecified atom stereocenters. The van der Waals surface area contributed by atoms with E-state index in [4.69, 9.17) is 10.5 Å². The minimum atomic E-state index is -0.322. The molecule has 0 heterocycles. The molecule has 0 aromatic heterocycles. The van der Waals surface area contributed by atoms with Crippen LogP contribution in [0.1, 0.15) is 55.8 Å². The van der Waals surface area contributed by atoms with Gasteiger partial charge in [0.05, 0.1) is 23.5 Å². The summed E-state index contributed by atoms with van der Waals surface area (Å²) in [5.41, 5.74) is 7.99. The number of nitrogens with one attached hydrogen (secondary N) is 1. The molecule has 0 spiro atoms. The topological polar surface area (TPSA) is 64.3 Å². The average Bonchev–Trinajstić information content (AvgIpc) is 2.98. The molecule has 0 amide bonds. The molecule has 4 heteroatoms. The molecule has 0 radical (unpaired) electrons. The second-order valence-electron chi connectivity index (χ2n) is 5.74. The number of anilines is 2. The number of carbonyl (C=O) groups is 1. The molecule has 0 atom stereocenters. The fourth-order valence-corrected chi connectivity index (χ4v) is 2.98. The predicted molar refractivity (Wildman–Crippen MR) is 86.5 cm³/mol. The van der Waals surface area contributed by atoms with Crippen molar-refractivity contribution in [3.63, 3.8) is 0 Å². The fraction of sp³-hybridized carbons (Fsp3) is 0.588. The third-order valence-corrected chi connectivity index (χ3v) is 4.14. The van der Waals surface area contributed by atoms with Crippen LogP contribution in [0.4, 0.5) is 11.4 Å². The zero-order valence-electron chi connectivity index (χ0n) is 12.9. The molecule has 1 saturated carbocycles. The molecule has 116 valence electrons. The zero-order valence-corrected chi connectivity index (χ0v) is 12.9. The van der Waals surface area contributed by atoms with Crippen LogP contribution in [0.3, 0.4) is 0 Å². The van der Waals surface area contributed by atoms with E-state index in [2.05, 4.69) is 5.32 Å². The summed E-state index contributed by atoms with van der Waals surface area (Å²) >= 11 is 0. The van der Waals surface area contributed by atoms with Crippen molar-refractivity contribution in [1.29, 1.82) is 0 Å². The summed E-state index contributed by atoms with van der Waals surface area (Å²) in [6.07, 6.45) is 8.07. The summed E-state index contributed by atoms with van der Waals surface area (Å²) in [6.45, 7) is 3.10. The Morgan fingerprint density at radius 2 is 2.14 bits per heavy atom. The second kappa shape index (κ2) is 7.91. The van der Waals surface area contributed by atoms with Crippen molar-refractivity contribution < 1.29 is 9.53 Å². The Morgan fingerprint density at radius 3 is 2.81 bits per heavy atom.